The molecule has 2 aromatic carbocycles. The first-order valence-corrected chi connectivity index (χ1v) is 11.9. The molecule has 1 aliphatic rings. The van der Waals surface area contributed by atoms with Crippen molar-refractivity contribution in [1.29, 1.82) is 0 Å². The Morgan fingerprint density at radius 1 is 0.767 bits per heavy atom. The Kier molecular flexibility index (Phi) is 3.89. The third-order valence-corrected chi connectivity index (χ3v) is 8.36. The van der Waals surface area contributed by atoms with Gasteiger partial charge in [0.1, 0.15) is 0 Å². The molecule has 0 aliphatic heterocycles. The summed E-state index contributed by atoms with van der Waals surface area (Å²) in [5.74, 6) is -0.341. The Morgan fingerprint density at radius 2 is 1.47 bits per heavy atom. The van der Waals surface area contributed by atoms with Crippen LogP contribution in [0, 0.1) is 0 Å². The van der Waals surface area contributed by atoms with Gasteiger partial charge in [-0.15, -0.1) is 0 Å². The fourth-order valence-corrected chi connectivity index (χ4v) is 6.86. The van der Waals surface area contributed by atoms with E-state index in [2.05, 4.69) is 33.8 Å². The van der Waals surface area contributed by atoms with Gasteiger partial charge in [0.25, 0.3) is 0 Å². The van der Waals surface area contributed by atoms with Crippen molar-refractivity contribution in [2.75, 3.05) is 0 Å². The normalized spacial score (nSPS) is 13.4. The van der Waals surface area contributed by atoms with Crippen LogP contribution >= 0.6 is 0 Å². The zero-order valence-corrected chi connectivity index (χ0v) is 18.0. The van der Waals surface area contributed by atoms with E-state index in [1.807, 2.05) is 30.5 Å². The molecule has 0 unspecified atom stereocenters. The van der Waals surface area contributed by atoms with Gasteiger partial charge < -0.3 is 0 Å². The molecular formula is C25H14N2O2Te. The van der Waals surface area contributed by atoms with E-state index >= 15 is 0 Å². The molecule has 0 amide bonds. The van der Waals surface area contributed by atoms with Crippen LogP contribution < -0.4 is 0 Å². The number of Topliss-reactive ketones (excluding diaryl/α,β-unsaturated/α-hetero) is 2. The summed E-state index contributed by atoms with van der Waals surface area (Å²) < 4.78 is 4.50. The van der Waals surface area contributed by atoms with E-state index in [1.54, 1.807) is 30.3 Å². The van der Waals surface area contributed by atoms with Crippen molar-refractivity contribution >= 4 is 60.0 Å². The molecule has 0 radical (unpaired) electrons. The number of rotatable bonds is 2. The summed E-state index contributed by atoms with van der Waals surface area (Å²) in [6.45, 7) is 0. The van der Waals surface area contributed by atoms with Crippen molar-refractivity contribution in [3.05, 3.63) is 99.3 Å². The van der Waals surface area contributed by atoms with Crippen LogP contribution in [0.5, 0.6) is 0 Å². The average Bonchev–Trinajstić information content (AvgIpc) is 3.44. The summed E-state index contributed by atoms with van der Waals surface area (Å²) in [5, 5.41) is 2.31. The van der Waals surface area contributed by atoms with Gasteiger partial charge in [0.05, 0.1) is 0 Å². The second-order valence-corrected chi connectivity index (χ2v) is 10.3. The molecule has 0 fully saturated rings. The number of fused-ring (bicyclic) bond motifs is 4. The topological polar surface area (TPSA) is 52.0 Å². The van der Waals surface area contributed by atoms with Crippen LogP contribution in [0.25, 0.3) is 31.7 Å². The number of hydrogen-bond acceptors (Lipinski definition) is 3. The van der Waals surface area contributed by atoms with Crippen LogP contribution in [0.15, 0.2) is 84.6 Å². The Balaban J connectivity index is 1.49. The molecule has 0 N–H and O–H groups in total. The van der Waals surface area contributed by atoms with Gasteiger partial charge in [-0.1, -0.05) is 0 Å². The molecule has 6 rings (SSSR count). The number of para-hydroxylation sites is 1. The molecule has 30 heavy (non-hydrogen) atoms. The van der Waals surface area contributed by atoms with E-state index in [9.17, 15) is 9.59 Å². The number of pyridine rings is 1. The van der Waals surface area contributed by atoms with Crippen LogP contribution in [0.2, 0.25) is 0 Å². The molecule has 5 aromatic rings. The maximum atomic E-state index is 12.7. The third kappa shape index (κ3) is 2.50. The SMILES string of the molecule is O=C1C(=Cc2ccc(-n3c4ccccc4c4cccnc43)[te]2)C(=O)c2ccccc21. The summed E-state index contributed by atoms with van der Waals surface area (Å²) in [7, 11) is 0. The van der Waals surface area contributed by atoms with Crippen LogP contribution in [0.3, 0.4) is 0 Å². The molecule has 3 aromatic heterocycles. The van der Waals surface area contributed by atoms with Crippen molar-refractivity contribution in [3.8, 4) is 3.70 Å². The zero-order chi connectivity index (χ0) is 20.2. The molecule has 5 heteroatoms. The molecule has 0 atom stereocenters. The predicted molar refractivity (Wildman–Crippen MR) is 119 cm³/mol. The fourth-order valence-electron chi connectivity index (χ4n) is 4.10. The Labute approximate surface area is 181 Å². The summed E-state index contributed by atoms with van der Waals surface area (Å²) in [4.78, 5) is 30.1. The number of carbonyl (C=O) groups is 2. The van der Waals surface area contributed by atoms with Gasteiger partial charge in [0, 0.05) is 0 Å². The van der Waals surface area contributed by atoms with Crippen molar-refractivity contribution in [2.24, 2.45) is 0 Å². The maximum absolute atomic E-state index is 12.7. The number of hydrogen-bond donors (Lipinski definition) is 0. The first kappa shape index (κ1) is 17.6. The summed E-state index contributed by atoms with van der Waals surface area (Å²) >= 11 is -0.778. The third-order valence-electron chi connectivity index (χ3n) is 5.46. The fraction of sp³-hybridized carbons (Fsp3) is 0. The minimum absolute atomic E-state index is 0.170. The van der Waals surface area contributed by atoms with Gasteiger partial charge in [0.2, 0.25) is 0 Å². The van der Waals surface area contributed by atoms with E-state index in [4.69, 9.17) is 0 Å². The second-order valence-electron chi connectivity index (χ2n) is 7.16. The van der Waals surface area contributed by atoms with Crippen LogP contribution in [-0.2, 0) is 0 Å². The average molecular weight is 502 g/mol. The number of carbonyl (C=O) groups excluding carboxylic acids is 2. The van der Waals surface area contributed by atoms with Crippen molar-refractivity contribution in [1.82, 2.24) is 9.55 Å². The first-order valence-electron chi connectivity index (χ1n) is 9.57. The predicted octanol–water partition coefficient (Wildman–Crippen LogP) is 4.70. The minimum atomic E-state index is -0.778. The summed E-state index contributed by atoms with van der Waals surface area (Å²) in [5.41, 5.74) is 3.37. The van der Waals surface area contributed by atoms with Crippen LogP contribution in [-0.4, -0.2) is 41.5 Å². The van der Waals surface area contributed by atoms with Gasteiger partial charge >= 0.3 is 182 Å². The van der Waals surface area contributed by atoms with Gasteiger partial charge in [-0.2, -0.15) is 0 Å². The number of ketones is 2. The van der Waals surface area contributed by atoms with E-state index in [0.29, 0.717) is 11.1 Å². The van der Waals surface area contributed by atoms with Gasteiger partial charge in [-0.05, 0) is 0 Å². The van der Waals surface area contributed by atoms with E-state index < -0.39 is 20.4 Å². The number of allylic oxidation sites excluding steroid dienone is 1. The van der Waals surface area contributed by atoms with Crippen molar-refractivity contribution in [2.45, 2.75) is 0 Å². The molecule has 3 heterocycles. The Morgan fingerprint density at radius 3 is 2.27 bits per heavy atom. The monoisotopic (exact) mass is 504 g/mol. The number of nitrogens with zero attached hydrogens (tertiary/aromatic N) is 2. The first-order chi connectivity index (χ1) is 14.7. The Bertz CT molecular complexity index is 1450. The van der Waals surface area contributed by atoms with E-state index in [1.165, 1.54) is 9.09 Å². The standard InChI is InChI=1S/C25H14N2O2Te/c28-23-17-7-1-2-8-18(17)24(29)20(23)14-15-11-12-22(30-15)27-21-10-4-3-6-16(21)19-9-5-13-26-25(19)27/h1-14H. The van der Waals surface area contributed by atoms with Crippen molar-refractivity contribution in [3.63, 3.8) is 0 Å². The van der Waals surface area contributed by atoms with Gasteiger partial charge in [-0.25, -0.2) is 0 Å². The van der Waals surface area contributed by atoms with Crippen LogP contribution in [0.1, 0.15) is 24.3 Å². The van der Waals surface area contributed by atoms with E-state index in [0.717, 1.165) is 20.1 Å². The summed E-state index contributed by atoms with van der Waals surface area (Å²) in [6, 6.07) is 23.6. The molecule has 4 nitrogen and oxygen atoms in total. The Hall–Kier alpha value is -3.26. The zero-order valence-electron chi connectivity index (χ0n) is 15.7. The second kappa shape index (κ2) is 6.63. The number of benzene rings is 2. The molecule has 1 aliphatic carbocycles. The van der Waals surface area contributed by atoms with Crippen molar-refractivity contribution < 1.29 is 9.59 Å². The number of aromatic nitrogens is 2. The quantitative estimate of drug-likeness (QED) is 0.200. The summed E-state index contributed by atoms with van der Waals surface area (Å²) in [6.07, 6.45) is 3.62. The molecular weight excluding hydrogens is 488 g/mol. The van der Waals surface area contributed by atoms with E-state index in [-0.39, 0.29) is 17.1 Å². The van der Waals surface area contributed by atoms with Gasteiger partial charge in [0.15, 0.2) is 0 Å². The molecule has 0 spiro atoms. The van der Waals surface area contributed by atoms with Gasteiger partial charge in [-0.3, -0.25) is 0 Å². The molecule has 0 saturated heterocycles. The molecule has 0 bridgehead atoms. The molecule has 0 saturated carbocycles. The molecule has 142 valence electrons. The van der Waals surface area contributed by atoms with Crippen LogP contribution in [0.4, 0.5) is 0 Å².